The Hall–Kier alpha value is -1.38. The lowest BCUT2D eigenvalue weighted by molar-refractivity contribution is -0.140. The second-order valence-electron chi connectivity index (χ2n) is 4.14. The predicted molar refractivity (Wildman–Crippen MR) is 63.8 cm³/mol. The molecule has 18 heavy (non-hydrogen) atoms. The number of nitrogens with zero attached hydrogens (tertiary/aromatic N) is 1. The molecule has 0 spiro atoms. The van der Waals surface area contributed by atoms with Crippen LogP contribution in [0.1, 0.15) is 26.2 Å². The van der Waals surface area contributed by atoms with E-state index in [1.807, 2.05) is 0 Å². The summed E-state index contributed by atoms with van der Waals surface area (Å²) >= 11 is 0. The molecule has 1 rings (SSSR count). The number of carbonyl (C=O) groups is 2. The van der Waals surface area contributed by atoms with Crippen LogP contribution in [0.2, 0.25) is 0 Å². The van der Waals surface area contributed by atoms with Crippen LogP contribution in [0.3, 0.4) is 0 Å². The van der Waals surface area contributed by atoms with E-state index in [0.717, 1.165) is 19.3 Å². The quantitative estimate of drug-likeness (QED) is 0.438. The van der Waals surface area contributed by atoms with Gasteiger partial charge in [-0.05, 0) is 26.2 Å². The average molecular weight is 263 g/mol. The molecule has 1 amide bonds. The zero-order valence-corrected chi connectivity index (χ0v) is 10.3. The number of aliphatic carboxylic acids is 1. The fraction of sp³-hybridized carbons (Fsp3) is 0.800. The molecular weight excluding hydrogens is 242 g/mol. The fourth-order valence-electron chi connectivity index (χ4n) is 1.40. The van der Waals surface area contributed by atoms with E-state index < -0.39 is 24.2 Å². The highest BCUT2D eigenvalue weighted by Crippen LogP contribution is 2.12. The van der Waals surface area contributed by atoms with Crippen molar-refractivity contribution in [1.29, 1.82) is 0 Å². The number of nitrogens with two attached hydrogens (primary N) is 2. The van der Waals surface area contributed by atoms with E-state index in [1.165, 1.54) is 11.8 Å². The summed E-state index contributed by atoms with van der Waals surface area (Å²) in [5, 5.41) is 25.1. The molecular formula is C10H21N3O5. The number of aliphatic hydroxyl groups is 1. The van der Waals surface area contributed by atoms with Crippen LogP contribution in [0.15, 0.2) is 0 Å². The third kappa shape index (κ3) is 5.80. The zero-order chi connectivity index (χ0) is 14.3. The Morgan fingerprint density at radius 1 is 1.33 bits per heavy atom. The molecule has 3 atom stereocenters. The highest BCUT2D eigenvalue weighted by atomic mass is 16.4. The van der Waals surface area contributed by atoms with Crippen molar-refractivity contribution in [3.63, 3.8) is 0 Å². The normalized spacial score (nSPS) is 22.4. The van der Waals surface area contributed by atoms with Crippen molar-refractivity contribution in [1.82, 2.24) is 4.90 Å². The van der Waals surface area contributed by atoms with Crippen molar-refractivity contribution in [2.24, 2.45) is 11.5 Å². The Bertz CT molecular complexity index is 285. The van der Waals surface area contributed by atoms with Gasteiger partial charge in [0.25, 0.3) is 0 Å². The smallest absolute Gasteiger partial charge is 0.408 e. The Morgan fingerprint density at radius 2 is 1.89 bits per heavy atom. The van der Waals surface area contributed by atoms with Gasteiger partial charge in [0.1, 0.15) is 6.04 Å². The highest BCUT2D eigenvalue weighted by molar-refractivity contribution is 5.73. The Kier molecular flexibility index (Phi) is 7.25. The highest BCUT2D eigenvalue weighted by Gasteiger charge is 2.22. The summed E-state index contributed by atoms with van der Waals surface area (Å²) in [6.07, 6.45) is 0.642. The molecule has 0 aliphatic carbocycles. The van der Waals surface area contributed by atoms with Gasteiger partial charge in [0.2, 0.25) is 0 Å². The molecule has 106 valence electrons. The number of hydrogen-bond donors (Lipinski definition) is 5. The van der Waals surface area contributed by atoms with Gasteiger partial charge < -0.3 is 26.8 Å². The van der Waals surface area contributed by atoms with Crippen LogP contribution in [0.4, 0.5) is 4.79 Å². The van der Waals surface area contributed by atoms with Gasteiger partial charge >= 0.3 is 12.1 Å². The van der Waals surface area contributed by atoms with Crippen molar-refractivity contribution in [2.45, 2.75) is 44.5 Å². The molecule has 1 aliphatic heterocycles. The lowest BCUT2D eigenvalue weighted by Gasteiger charge is -2.30. The SMILES string of the molecule is C[C@@H](O)[C@H](N)C(=O)O.NC1CCCCN1C(=O)O. The lowest BCUT2D eigenvalue weighted by Crippen LogP contribution is -2.48. The number of aliphatic hydroxyl groups excluding tert-OH is 1. The first-order valence-electron chi connectivity index (χ1n) is 5.69. The molecule has 0 bridgehead atoms. The van der Waals surface area contributed by atoms with Crippen LogP contribution in [0, 0.1) is 0 Å². The van der Waals surface area contributed by atoms with Gasteiger partial charge in [-0.15, -0.1) is 0 Å². The third-order valence-electron chi connectivity index (χ3n) is 2.60. The van der Waals surface area contributed by atoms with Crippen molar-refractivity contribution in [3.05, 3.63) is 0 Å². The van der Waals surface area contributed by atoms with E-state index in [9.17, 15) is 9.59 Å². The van der Waals surface area contributed by atoms with Crippen LogP contribution < -0.4 is 11.5 Å². The largest absolute Gasteiger partial charge is 0.480 e. The first-order chi connectivity index (χ1) is 8.27. The second kappa shape index (κ2) is 7.85. The summed E-state index contributed by atoms with van der Waals surface area (Å²) in [6, 6.07) is -1.16. The monoisotopic (exact) mass is 263 g/mol. The number of likely N-dealkylation sites (tertiary alicyclic amines) is 1. The summed E-state index contributed by atoms with van der Waals surface area (Å²) in [5.41, 5.74) is 10.4. The minimum atomic E-state index is -1.18. The molecule has 1 unspecified atom stereocenters. The van der Waals surface area contributed by atoms with Gasteiger partial charge in [0.05, 0.1) is 12.3 Å². The summed E-state index contributed by atoms with van der Waals surface area (Å²) in [6.45, 7) is 1.93. The van der Waals surface area contributed by atoms with Crippen molar-refractivity contribution >= 4 is 12.1 Å². The van der Waals surface area contributed by atoms with Gasteiger partial charge in [0.15, 0.2) is 0 Å². The Labute approximate surface area is 105 Å². The Balaban J connectivity index is 0.000000331. The number of piperidine rings is 1. The standard InChI is InChI=1S/C6H12N2O2.C4H9NO3/c7-5-3-1-2-4-8(5)6(9)10;1-2(6)3(5)4(7)8/h5H,1-4,7H2,(H,9,10);2-3,6H,5H2,1H3,(H,7,8)/t;2-,3+/m.1/s1. The van der Waals surface area contributed by atoms with E-state index in [4.69, 9.17) is 26.8 Å². The summed E-state index contributed by atoms with van der Waals surface area (Å²) in [5.74, 6) is -1.18. The van der Waals surface area contributed by atoms with Crippen LogP contribution in [-0.2, 0) is 4.79 Å². The predicted octanol–water partition coefficient (Wildman–Crippen LogP) is -0.786. The van der Waals surface area contributed by atoms with E-state index in [-0.39, 0.29) is 6.17 Å². The van der Waals surface area contributed by atoms with Crippen molar-refractivity contribution < 1.29 is 24.9 Å². The van der Waals surface area contributed by atoms with E-state index >= 15 is 0 Å². The third-order valence-corrected chi connectivity index (χ3v) is 2.60. The number of hydrogen-bond acceptors (Lipinski definition) is 5. The van der Waals surface area contributed by atoms with Crippen LogP contribution >= 0.6 is 0 Å². The lowest BCUT2D eigenvalue weighted by atomic mass is 10.1. The first-order valence-corrected chi connectivity index (χ1v) is 5.69. The topological polar surface area (TPSA) is 150 Å². The molecule has 1 aliphatic rings. The number of carboxylic acid groups (broad SMARTS) is 2. The van der Waals surface area contributed by atoms with Gasteiger partial charge in [-0.25, -0.2) is 4.79 Å². The fourth-order valence-corrected chi connectivity index (χ4v) is 1.40. The number of amides is 1. The van der Waals surface area contributed by atoms with E-state index in [1.54, 1.807) is 0 Å². The van der Waals surface area contributed by atoms with Crippen molar-refractivity contribution in [2.75, 3.05) is 6.54 Å². The summed E-state index contributed by atoms with van der Waals surface area (Å²) in [4.78, 5) is 21.6. The minimum Gasteiger partial charge on any atom is -0.480 e. The summed E-state index contributed by atoms with van der Waals surface area (Å²) < 4.78 is 0. The summed E-state index contributed by atoms with van der Waals surface area (Å²) in [7, 11) is 0. The number of carboxylic acids is 1. The Morgan fingerprint density at radius 3 is 2.11 bits per heavy atom. The van der Waals surface area contributed by atoms with Crippen molar-refractivity contribution in [3.8, 4) is 0 Å². The molecule has 7 N–H and O–H groups in total. The van der Waals surface area contributed by atoms with E-state index in [0.29, 0.717) is 6.54 Å². The molecule has 8 heteroatoms. The van der Waals surface area contributed by atoms with Gasteiger partial charge in [-0.3, -0.25) is 9.69 Å². The maximum absolute atomic E-state index is 10.4. The van der Waals surface area contributed by atoms with Crippen LogP contribution in [0.5, 0.6) is 0 Å². The van der Waals surface area contributed by atoms with Gasteiger partial charge in [0, 0.05) is 6.54 Å². The number of rotatable bonds is 2. The van der Waals surface area contributed by atoms with E-state index in [2.05, 4.69) is 0 Å². The maximum Gasteiger partial charge on any atom is 0.408 e. The molecule has 1 saturated heterocycles. The molecule has 1 fully saturated rings. The molecule has 0 aromatic heterocycles. The van der Waals surface area contributed by atoms with Gasteiger partial charge in [-0.1, -0.05) is 0 Å². The minimum absolute atomic E-state index is 0.272. The first kappa shape index (κ1) is 16.6. The molecule has 1 heterocycles. The molecule has 0 aromatic carbocycles. The zero-order valence-electron chi connectivity index (χ0n) is 10.3. The molecule has 8 nitrogen and oxygen atoms in total. The molecule has 0 radical (unpaired) electrons. The maximum atomic E-state index is 10.4. The molecule has 0 saturated carbocycles. The second-order valence-corrected chi connectivity index (χ2v) is 4.14. The van der Waals surface area contributed by atoms with Gasteiger partial charge in [-0.2, -0.15) is 0 Å². The average Bonchev–Trinajstić information content (AvgIpc) is 2.28. The van der Waals surface area contributed by atoms with Crippen LogP contribution in [-0.4, -0.2) is 57.1 Å². The molecule has 0 aromatic rings. The van der Waals surface area contributed by atoms with Crippen LogP contribution in [0.25, 0.3) is 0 Å².